The standard InChI is InChI=1S/C27H22FN7/c1-2-29-13-16-11-19(15-30-14-16)18-5-8-22-21(12-18)25(35-34-22)27-32-23-9-10-31-24(26(23)33-27)17-3-6-20(28)7-4-17/h3-12,14-15,29H,2,13H2,1H3,(H,32,33)(H,34,35). The van der Waals surface area contributed by atoms with Crippen LogP contribution in [0.2, 0.25) is 0 Å². The molecule has 35 heavy (non-hydrogen) atoms. The van der Waals surface area contributed by atoms with Crippen LogP contribution < -0.4 is 5.32 Å². The average molecular weight is 464 g/mol. The fourth-order valence-electron chi connectivity index (χ4n) is 4.25. The molecule has 4 heterocycles. The highest BCUT2D eigenvalue weighted by atomic mass is 19.1. The van der Waals surface area contributed by atoms with Gasteiger partial charge >= 0.3 is 0 Å². The third-order valence-corrected chi connectivity index (χ3v) is 6.01. The second-order valence-corrected chi connectivity index (χ2v) is 8.34. The topological polar surface area (TPSA) is 95.2 Å². The summed E-state index contributed by atoms with van der Waals surface area (Å²) in [6.45, 7) is 3.77. The molecule has 0 aliphatic carbocycles. The maximum Gasteiger partial charge on any atom is 0.159 e. The molecule has 8 heteroatoms. The van der Waals surface area contributed by atoms with Crippen molar-refractivity contribution < 1.29 is 4.39 Å². The number of nitrogens with one attached hydrogen (secondary N) is 3. The zero-order chi connectivity index (χ0) is 23.8. The second-order valence-electron chi connectivity index (χ2n) is 8.34. The summed E-state index contributed by atoms with van der Waals surface area (Å²) in [6.07, 6.45) is 5.48. The molecule has 0 aliphatic rings. The number of halogens is 1. The molecule has 172 valence electrons. The van der Waals surface area contributed by atoms with E-state index in [4.69, 9.17) is 4.98 Å². The number of hydrogen-bond donors (Lipinski definition) is 3. The van der Waals surface area contributed by atoms with E-state index < -0.39 is 0 Å². The lowest BCUT2D eigenvalue weighted by molar-refractivity contribution is 0.628. The number of imidazole rings is 1. The zero-order valence-electron chi connectivity index (χ0n) is 19.0. The molecule has 6 aromatic rings. The zero-order valence-corrected chi connectivity index (χ0v) is 19.0. The Morgan fingerprint density at radius 2 is 1.74 bits per heavy atom. The number of aromatic amines is 2. The van der Waals surface area contributed by atoms with Gasteiger partial charge in [0.25, 0.3) is 0 Å². The molecule has 0 radical (unpaired) electrons. The predicted molar refractivity (Wildman–Crippen MR) is 135 cm³/mol. The summed E-state index contributed by atoms with van der Waals surface area (Å²) in [5.41, 5.74) is 7.90. The molecule has 6 rings (SSSR count). The van der Waals surface area contributed by atoms with E-state index in [1.807, 2.05) is 24.5 Å². The SMILES string of the molecule is CCNCc1cncc(-c2ccc3[nH]nc(-c4nc5c(-c6ccc(F)cc6)nccc5[nH]4)c3c2)c1. The monoisotopic (exact) mass is 463 g/mol. The van der Waals surface area contributed by atoms with Crippen LogP contribution in [0.15, 0.2) is 73.2 Å². The normalized spacial score (nSPS) is 11.5. The van der Waals surface area contributed by atoms with Crippen LogP contribution >= 0.6 is 0 Å². The summed E-state index contributed by atoms with van der Waals surface area (Å²) in [4.78, 5) is 17.1. The van der Waals surface area contributed by atoms with Crippen molar-refractivity contribution in [1.29, 1.82) is 0 Å². The first-order valence-electron chi connectivity index (χ1n) is 11.4. The molecule has 0 fully saturated rings. The molecule has 3 N–H and O–H groups in total. The minimum Gasteiger partial charge on any atom is -0.336 e. The van der Waals surface area contributed by atoms with Crippen LogP contribution in [0.1, 0.15) is 12.5 Å². The highest BCUT2D eigenvalue weighted by Crippen LogP contribution is 2.32. The van der Waals surface area contributed by atoms with E-state index in [0.29, 0.717) is 17.0 Å². The van der Waals surface area contributed by atoms with Gasteiger partial charge in [0, 0.05) is 41.6 Å². The van der Waals surface area contributed by atoms with Crippen molar-refractivity contribution in [2.75, 3.05) is 6.54 Å². The quantitative estimate of drug-likeness (QED) is 0.304. The van der Waals surface area contributed by atoms with Gasteiger partial charge in [-0.3, -0.25) is 15.1 Å². The van der Waals surface area contributed by atoms with Gasteiger partial charge in [0.1, 0.15) is 17.0 Å². The first kappa shape index (κ1) is 21.1. The maximum atomic E-state index is 13.4. The lowest BCUT2D eigenvalue weighted by Crippen LogP contribution is -2.11. The average Bonchev–Trinajstić information content (AvgIpc) is 3.51. The lowest BCUT2D eigenvalue weighted by atomic mass is 10.0. The Morgan fingerprint density at radius 3 is 2.60 bits per heavy atom. The molecule has 0 amide bonds. The number of rotatable bonds is 6. The Balaban J connectivity index is 1.43. The van der Waals surface area contributed by atoms with Gasteiger partial charge in [0.15, 0.2) is 5.82 Å². The van der Waals surface area contributed by atoms with Crippen molar-refractivity contribution in [2.24, 2.45) is 0 Å². The Kier molecular flexibility index (Phi) is 5.27. The third-order valence-electron chi connectivity index (χ3n) is 6.01. The van der Waals surface area contributed by atoms with Crippen LogP contribution in [0.4, 0.5) is 4.39 Å². The lowest BCUT2D eigenvalue weighted by Gasteiger charge is -2.06. The number of H-pyrrole nitrogens is 2. The van der Waals surface area contributed by atoms with E-state index >= 15 is 0 Å². The van der Waals surface area contributed by atoms with Crippen molar-refractivity contribution in [3.05, 3.63) is 84.6 Å². The van der Waals surface area contributed by atoms with Crippen LogP contribution in [0.25, 0.3) is 55.8 Å². The van der Waals surface area contributed by atoms with E-state index in [2.05, 4.69) is 55.6 Å². The van der Waals surface area contributed by atoms with Crippen LogP contribution in [0.5, 0.6) is 0 Å². The predicted octanol–water partition coefficient (Wildman–Crippen LogP) is 5.48. The maximum absolute atomic E-state index is 13.4. The number of nitrogens with zero attached hydrogens (tertiary/aromatic N) is 4. The van der Waals surface area contributed by atoms with E-state index in [1.54, 1.807) is 18.3 Å². The summed E-state index contributed by atoms with van der Waals surface area (Å²) in [7, 11) is 0. The van der Waals surface area contributed by atoms with Gasteiger partial charge in [0.2, 0.25) is 0 Å². The van der Waals surface area contributed by atoms with Crippen LogP contribution in [-0.4, -0.2) is 36.7 Å². The Morgan fingerprint density at radius 1 is 0.886 bits per heavy atom. The molecular formula is C27H22FN7. The molecule has 0 bridgehead atoms. The summed E-state index contributed by atoms with van der Waals surface area (Å²) in [5.74, 6) is 0.351. The van der Waals surface area contributed by atoms with Gasteiger partial charge in [0.05, 0.1) is 16.7 Å². The third kappa shape index (κ3) is 3.94. The smallest absolute Gasteiger partial charge is 0.159 e. The minimum absolute atomic E-state index is 0.287. The van der Waals surface area contributed by atoms with Crippen molar-refractivity contribution in [3.8, 4) is 33.9 Å². The van der Waals surface area contributed by atoms with Gasteiger partial charge in [-0.2, -0.15) is 5.10 Å². The van der Waals surface area contributed by atoms with Gasteiger partial charge in [-0.15, -0.1) is 0 Å². The largest absolute Gasteiger partial charge is 0.336 e. The first-order valence-corrected chi connectivity index (χ1v) is 11.4. The Labute approximate surface area is 200 Å². The van der Waals surface area contributed by atoms with Gasteiger partial charge in [-0.1, -0.05) is 13.0 Å². The Bertz CT molecular complexity index is 1650. The molecule has 0 spiro atoms. The van der Waals surface area contributed by atoms with E-state index in [1.165, 1.54) is 12.1 Å². The fraction of sp³-hybridized carbons (Fsp3) is 0.111. The molecule has 2 aromatic carbocycles. The van der Waals surface area contributed by atoms with Crippen molar-refractivity contribution in [1.82, 2.24) is 35.5 Å². The van der Waals surface area contributed by atoms with Gasteiger partial charge < -0.3 is 10.3 Å². The van der Waals surface area contributed by atoms with Crippen molar-refractivity contribution >= 4 is 21.9 Å². The molecule has 4 aromatic heterocycles. The summed E-state index contributed by atoms with van der Waals surface area (Å²) < 4.78 is 13.4. The molecule has 0 aliphatic heterocycles. The van der Waals surface area contributed by atoms with E-state index in [-0.39, 0.29) is 5.82 Å². The summed E-state index contributed by atoms with van der Waals surface area (Å²) in [5, 5.41) is 12.0. The second kappa shape index (κ2) is 8.73. The molecular weight excluding hydrogens is 441 g/mol. The molecule has 7 nitrogen and oxygen atoms in total. The Hall–Kier alpha value is -4.43. The van der Waals surface area contributed by atoms with Crippen LogP contribution in [0.3, 0.4) is 0 Å². The van der Waals surface area contributed by atoms with Gasteiger partial charge in [-0.25, -0.2) is 9.37 Å². The highest BCUT2D eigenvalue weighted by Gasteiger charge is 2.16. The van der Waals surface area contributed by atoms with E-state index in [0.717, 1.165) is 57.5 Å². The fourth-order valence-corrected chi connectivity index (χ4v) is 4.25. The number of benzene rings is 2. The molecule has 0 saturated carbocycles. The summed E-state index contributed by atoms with van der Waals surface area (Å²) >= 11 is 0. The van der Waals surface area contributed by atoms with Crippen molar-refractivity contribution in [3.63, 3.8) is 0 Å². The highest BCUT2D eigenvalue weighted by molar-refractivity contribution is 5.97. The van der Waals surface area contributed by atoms with Crippen LogP contribution in [0, 0.1) is 5.82 Å². The first-order chi connectivity index (χ1) is 17.2. The molecule has 0 atom stereocenters. The number of aromatic nitrogens is 6. The number of pyridine rings is 2. The summed E-state index contributed by atoms with van der Waals surface area (Å²) in [6, 6.07) is 16.5. The minimum atomic E-state index is -0.287. The molecule has 0 saturated heterocycles. The molecule has 0 unspecified atom stereocenters. The number of hydrogen-bond acceptors (Lipinski definition) is 5. The van der Waals surface area contributed by atoms with Gasteiger partial charge in [-0.05, 0) is 66.2 Å². The van der Waals surface area contributed by atoms with Crippen molar-refractivity contribution in [2.45, 2.75) is 13.5 Å². The van der Waals surface area contributed by atoms with E-state index in [9.17, 15) is 4.39 Å². The van der Waals surface area contributed by atoms with Crippen LogP contribution in [-0.2, 0) is 6.54 Å². The number of fused-ring (bicyclic) bond motifs is 2.